The third kappa shape index (κ3) is 8.29. The van der Waals surface area contributed by atoms with Crippen molar-refractivity contribution in [2.75, 3.05) is 5.32 Å². The standard InChI is InChI=1S/C23H25Br2N.C8H12/c1-6-8-15(3)19-9-10-23(26-7-2)20(14-19)16(4)11-18-12-21(24)17(5)22(25)13-18;1-2-8-6-4-3-5-7-8/h7-14,26H,2,6H2,1,3-5H3;4,6-7H,2-3,5H2,1H3/b15-8+,16-11+;. The molecule has 1 aliphatic rings. The third-order valence-corrected chi connectivity index (χ3v) is 7.48. The van der Waals surface area contributed by atoms with E-state index in [1.807, 2.05) is 0 Å². The molecule has 2 aromatic rings. The highest BCUT2D eigenvalue weighted by Crippen LogP contribution is 2.32. The maximum atomic E-state index is 3.81. The van der Waals surface area contributed by atoms with Gasteiger partial charge in [0.25, 0.3) is 0 Å². The summed E-state index contributed by atoms with van der Waals surface area (Å²) in [5.74, 6) is 0. The molecule has 0 atom stereocenters. The number of hydrogen-bond donors (Lipinski definition) is 1. The first-order chi connectivity index (χ1) is 16.3. The summed E-state index contributed by atoms with van der Waals surface area (Å²) in [4.78, 5) is 0. The minimum atomic E-state index is 1.04. The Kier molecular flexibility index (Phi) is 11.9. The maximum Gasteiger partial charge on any atom is 0.0456 e. The summed E-state index contributed by atoms with van der Waals surface area (Å²) in [6.07, 6.45) is 17.7. The Labute approximate surface area is 223 Å². The van der Waals surface area contributed by atoms with Crippen LogP contribution < -0.4 is 5.32 Å². The Hall–Kier alpha value is -2.10. The van der Waals surface area contributed by atoms with E-state index in [1.165, 1.54) is 52.7 Å². The van der Waals surface area contributed by atoms with Crippen molar-refractivity contribution in [1.82, 2.24) is 0 Å². The van der Waals surface area contributed by atoms with E-state index in [0.717, 1.165) is 26.6 Å². The molecule has 0 spiro atoms. The Bertz CT molecular complexity index is 1090. The summed E-state index contributed by atoms with van der Waals surface area (Å²) in [7, 11) is 0. The van der Waals surface area contributed by atoms with Crippen LogP contribution in [-0.2, 0) is 0 Å². The van der Waals surface area contributed by atoms with Gasteiger partial charge >= 0.3 is 0 Å². The number of nitrogens with one attached hydrogen (secondary N) is 1. The Morgan fingerprint density at radius 2 is 1.74 bits per heavy atom. The second-order valence-corrected chi connectivity index (χ2v) is 10.2. The largest absolute Gasteiger partial charge is 0.362 e. The Morgan fingerprint density at radius 3 is 2.26 bits per heavy atom. The average Bonchev–Trinajstić information content (AvgIpc) is 2.84. The third-order valence-electron chi connectivity index (χ3n) is 5.83. The molecule has 0 radical (unpaired) electrons. The molecule has 2 aromatic carbocycles. The minimum absolute atomic E-state index is 1.04. The van der Waals surface area contributed by atoms with Gasteiger partial charge in [-0.2, -0.15) is 0 Å². The van der Waals surface area contributed by atoms with Crippen molar-refractivity contribution in [3.8, 4) is 0 Å². The lowest BCUT2D eigenvalue weighted by molar-refractivity contribution is 0.984. The molecule has 3 heteroatoms. The van der Waals surface area contributed by atoms with Crippen LogP contribution in [0.2, 0.25) is 0 Å². The highest BCUT2D eigenvalue weighted by Gasteiger charge is 2.08. The molecule has 1 nitrogen and oxygen atoms in total. The zero-order valence-electron chi connectivity index (χ0n) is 21.1. The second kappa shape index (κ2) is 14.3. The van der Waals surface area contributed by atoms with Gasteiger partial charge in [0.05, 0.1) is 0 Å². The van der Waals surface area contributed by atoms with Crippen LogP contribution in [0.4, 0.5) is 5.69 Å². The fourth-order valence-corrected chi connectivity index (χ4v) is 5.00. The van der Waals surface area contributed by atoms with Gasteiger partial charge < -0.3 is 5.32 Å². The van der Waals surface area contributed by atoms with E-state index in [9.17, 15) is 0 Å². The quantitative estimate of drug-likeness (QED) is 0.320. The van der Waals surface area contributed by atoms with E-state index in [1.54, 1.807) is 6.20 Å². The average molecular weight is 583 g/mol. The first kappa shape index (κ1) is 28.1. The molecule has 3 rings (SSSR count). The summed E-state index contributed by atoms with van der Waals surface area (Å²) in [6, 6.07) is 10.8. The van der Waals surface area contributed by atoms with Gasteiger partial charge in [-0.15, -0.1) is 0 Å². The molecule has 0 fully saturated rings. The second-order valence-electron chi connectivity index (χ2n) is 8.45. The molecule has 0 aromatic heterocycles. The van der Waals surface area contributed by atoms with Gasteiger partial charge in [-0.05, 0) is 105 Å². The molecule has 34 heavy (non-hydrogen) atoms. The van der Waals surface area contributed by atoms with E-state index >= 15 is 0 Å². The number of benzene rings is 2. The smallest absolute Gasteiger partial charge is 0.0456 e. The van der Waals surface area contributed by atoms with Crippen LogP contribution in [0.1, 0.15) is 75.6 Å². The summed E-state index contributed by atoms with van der Waals surface area (Å²) < 4.78 is 2.21. The molecule has 180 valence electrons. The van der Waals surface area contributed by atoms with E-state index in [4.69, 9.17) is 0 Å². The normalized spacial score (nSPS) is 13.7. The molecule has 0 saturated carbocycles. The zero-order valence-corrected chi connectivity index (χ0v) is 24.3. The van der Waals surface area contributed by atoms with Crippen LogP contribution in [0.5, 0.6) is 0 Å². The summed E-state index contributed by atoms with van der Waals surface area (Å²) in [5, 5.41) is 3.26. The summed E-state index contributed by atoms with van der Waals surface area (Å²) >= 11 is 7.28. The van der Waals surface area contributed by atoms with E-state index in [0.29, 0.717) is 0 Å². The summed E-state index contributed by atoms with van der Waals surface area (Å²) in [5.41, 5.74) is 9.84. The number of hydrogen-bond acceptors (Lipinski definition) is 1. The lowest BCUT2D eigenvalue weighted by Crippen LogP contribution is -1.95. The lowest BCUT2D eigenvalue weighted by Gasteiger charge is -2.13. The number of rotatable bonds is 7. The Morgan fingerprint density at radius 1 is 1.03 bits per heavy atom. The lowest BCUT2D eigenvalue weighted by atomic mass is 9.96. The summed E-state index contributed by atoms with van der Waals surface area (Å²) in [6.45, 7) is 14.6. The van der Waals surface area contributed by atoms with Gasteiger partial charge in [0.1, 0.15) is 0 Å². The number of halogens is 2. The highest BCUT2D eigenvalue weighted by molar-refractivity contribution is 9.11. The van der Waals surface area contributed by atoms with Gasteiger partial charge in [0, 0.05) is 20.2 Å². The van der Waals surface area contributed by atoms with Gasteiger partial charge in [-0.1, -0.05) is 94.3 Å². The monoisotopic (exact) mass is 581 g/mol. The fraction of sp³-hybridized carbons (Fsp3) is 0.290. The van der Waals surface area contributed by atoms with Crippen LogP contribution in [0.25, 0.3) is 17.2 Å². The number of allylic oxidation sites excluding steroid dienone is 7. The Balaban J connectivity index is 0.000000430. The van der Waals surface area contributed by atoms with E-state index in [2.05, 4.69) is 139 Å². The van der Waals surface area contributed by atoms with Crippen molar-refractivity contribution in [3.63, 3.8) is 0 Å². The van der Waals surface area contributed by atoms with Crippen molar-refractivity contribution < 1.29 is 0 Å². The zero-order chi connectivity index (χ0) is 25.1. The van der Waals surface area contributed by atoms with Crippen molar-refractivity contribution in [1.29, 1.82) is 0 Å². The van der Waals surface area contributed by atoms with E-state index in [-0.39, 0.29) is 0 Å². The number of anilines is 1. The predicted octanol–water partition coefficient (Wildman–Crippen LogP) is 11.1. The molecule has 0 aliphatic heterocycles. The van der Waals surface area contributed by atoms with Crippen LogP contribution in [0, 0.1) is 6.92 Å². The van der Waals surface area contributed by atoms with Gasteiger partial charge in [0.2, 0.25) is 0 Å². The molecule has 1 N–H and O–H groups in total. The SMILES string of the molecule is C=CNc1ccc(/C(C)=C/CC)cc1/C(C)=C/c1cc(Br)c(C)c(Br)c1.CCC1=CCCC=C1. The van der Waals surface area contributed by atoms with Crippen LogP contribution in [-0.4, -0.2) is 0 Å². The molecule has 0 saturated heterocycles. The molecule has 0 unspecified atom stereocenters. The molecule has 1 aliphatic carbocycles. The van der Waals surface area contributed by atoms with E-state index < -0.39 is 0 Å². The first-order valence-electron chi connectivity index (χ1n) is 12.0. The van der Waals surface area contributed by atoms with Crippen molar-refractivity contribution >= 4 is 54.8 Å². The molecular formula is C31H37Br2N. The topological polar surface area (TPSA) is 12.0 Å². The van der Waals surface area contributed by atoms with Crippen LogP contribution in [0.15, 0.2) is 81.9 Å². The van der Waals surface area contributed by atoms with Crippen LogP contribution >= 0.6 is 31.9 Å². The predicted molar refractivity (Wildman–Crippen MR) is 161 cm³/mol. The first-order valence-corrected chi connectivity index (χ1v) is 13.6. The molecular weight excluding hydrogens is 546 g/mol. The van der Waals surface area contributed by atoms with Crippen molar-refractivity contribution in [2.24, 2.45) is 0 Å². The van der Waals surface area contributed by atoms with Gasteiger partial charge in [-0.25, -0.2) is 0 Å². The molecule has 0 bridgehead atoms. The van der Waals surface area contributed by atoms with Crippen molar-refractivity contribution in [3.05, 3.63) is 104 Å². The molecule has 0 heterocycles. The highest BCUT2D eigenvalue weighted by atomic mass is 79.9. The van der Waals surface area contributed by atoms with Crippen LogP contribution in [0.3, 0.4) is 0 Å². The van der Waals surface area contributed by atoms with Crippen molar-refractivity contribution in [2.45, 2.75) is 60.3 Å². The fourth-order valence-electron chi connectivity index (χ4n) is 3.78. The maximum absolute atomic E-state index is 3.81. The molecule has 0 amide bonds. The van der Waals surface area contributed by atoms with Gasteiger partial charge in [-0.3, -0.25) is 0 Å². The minimum Gasteiger partial charge on any atom is -0.362 e. The van der Waals surface area contributed by atoms with Gasteiger partial charge in [0.15, 0.2) is 0 Å².